The van der Waals surface area contributed by atoms with Crippen LogP contribution in [0.15, 0.2) is 36.0 Å². The van der Waals surface area contributed by atoms with E-state index in [9.17, 15) is 13.6 Å². The lowest BCUT2D eigenvalue weighted by molar-refractivity contribution is -0.148. The minimum Gasteiger partial charge on any atom is -0.457 e. The van der Waals surface area contributed by atoms with Gasteiger partial charge in [0.1, 0.15) is 17.7 Å². The summed E-state index contributed by atoms with van der Waals surface area (Å²) in [5.74, 6) is -1.06. The Morgan fingerprint density at radius 3 is 2.81 bits per heavy atom. The fourth-order valence-electron chi connectivity index (χ4n) is 3.00. The Labute approximate surface area is 151 Å². The normalized spacial score (nSPS) is 15.7. The molecule has 0 saturated carbocycles. The molecule has 0 saturated heterocycles. The Morgan fingerprint density at radius 1 is 1.23 bits per heavy atom. The molecule has 1 aliphatic rings. The molecule has 132 valence electrons. The lowest BCUT2D eigenvalue weighted by atomic mass is 10.1. The van der Waals surface area contributed by atoms with Crippen molar-refractivity contribution >= 4 is 17.3 Å². The highest BCUT2D eigenvalue weighted by Gasteiger charge is 2.31. The number of benzene rings is 1. The first kappa shape index (κ1) is 16.7. The molecule has 0 bridgehead atoms. The molecule has 0 aliphatic heterocycles. The van der Waals surface area contributed by atoms with Crippen molar-refractivity contribution in [2.24, 2.45) is 0 Å². The molecule has 1 aromatic carbocycles. The number of carbonyl (C=O) groups excluding carboxylic acids is 1. The molecule has 1 unspecified atom stereocenters. The van der Waals surface area contributed by atoms with E-state index in [2.05, 4.69) is 15.0 Å². The number of esters is 1. The standard InChI is InChI=1S/C18H13F2N3O2S/c19-12-3-4-13(20)16-11(12)2-5-14(16)25-15(24)8-10-9-26-18(23-10)17-21-6-1-7-22-17/h1,3-4,6-7,9,14H,2,5,8H2. The average Bonchev–Trinajstić information content (AvgIpc) is 3.27. The summed E-state index contributed by atoms with van der Waals surface area (Å²) in [6.07, 6.45) is 3.14. The molecule has 0 fully saturated rings. The molecule has 8 heteroatoms. The van der Waals surface area contributed by atoms with E-state index in [1.54, 1.807) is 23.8 Å². The third kappa shape index (κ3) is 3.20. The molecule has 0 N–H and O–H groups in total. The number of nitrogens with zero attached hydrogens (tertiary/aromatic N) is 3. The zero-order valence-electron chi connectivity index (χ0n) is 13.5. The van der Waals surface area contributed by atoms with E-state index in [-0.39, 0.29) is 12.0 Å². The quantitative estimate of drug-likeness (QED) is 0.653. The number of ether oxygens (including phenoxy) is 1. The van der Waals surface area contributed by atoms with Gasteiger partial charge in [-0.05, 0) is 36.6 Å². The molecule has 0 radical (unpaired) electrons. The summed E-state index contributed by atoms with van der Waals surface area (Å²) >= 11 is 1.33. The topological polar surface area (TPSA) is 65.0 Å². The fourth-order valence-corrected chi connectivity index (χ4v) is 3.76. The highest BCUT2D eigenvalue weighted by Crippen LogP contribution is 2.37. The maximum atomic E-state index is 14.0. The Bertz CT molecular complexity index is 962. The summed E-state index contributed by atoms with van der Waals surface area (Å²) in [6.45, 7) is 0. The number of hydrogen-bond acceptors (Lipinski definition) is 6. The second kappa shape index (κ2) is 6.87. The average molecular weight is 373 g/mol. The molecular formula is C18H13F2N3O2S. The number of thiazole rings is 1. The van der Waals surface area contributed by atoms with Crippen molar-refractivity contribution in [2.45, 2.75) is 25.4 Å². The highest BCUT2D eigenvalue weighted by molar-refractivity contribution is 7.13. The van der Waals surface area contributed by atoms with Crippen molar-refractivity contribution in [2.75, 3.05) is 0 Å². The number of hydrogen-bond donors (Lipinski definition) is 0. The third-order valence-electron chi connectivity index (χ3n) is 4.13. The van der Waals surface area contributed by atoms with Crippen LogP contribution in [0.2, 0.25) is 0 Å². The second-order valence-corrected chi connectivity index (χ2v) is 6.69. The van der Waals surface area contributed by atoms with Crippen LogP contribution in [0.3, 0.4) is 0 Å². The van der Waals surface area contributed by atoms with E-state index in [1.165, 1.54) is 11.3 Å². The number of rotatable bonds is 4. The summed E-state index contributed by atoms with van der Waals surface area (Å²) in [5.41, 5.74) is 0.968. The van der Waals surface area contributed by atoms with Gasteiger partial charge in [0.15, 0.2) is 10.8 Å². The van der Waals surface area contributed by atoms with Gasteiger partial charge < -0.3 is 4.74 Å². The minimum atomic E-state index is -0.760. The van der Waals surface area contributed by atoms with Crippen LogP contribution >= 0.6 is 11.3 Å². The summed E-state index contributed by atoms with van der Waals surface area (Å²) < 4.78 is 33.2. The monoisotopic (exact) mass is 373 g/mol. The van der Waals surface area contributed by atoms with Crippen LogP contribution < -0.4 is 0 Å². The molecule has 2 heterocycles. The zero-order valence-corrected chi connectivity index (χ0v) is 14.3. The molecular weight excluding hydrogens is 360 g/mol. The van der Waals surface area contributed by atoms with Crippen LogP contribution in [-0.4, -0.2) is 20.9 Å². The van der Waals surface area contributed by atoms with Crippen LogP contribution in [0.25, 0.3) is 10.8 Å². The molecule has 5 nitrogen and oxygen atoms in total. The smallest absolute Gasteiger partial charge is 0.312 e. The minimum absolute atomic E-state index is 0.0495. The van der Waals surface area contributed by atoms with E-state index in [1.807, 2.05) is 0 Å². The molecule has 1 aliphatic carbocycles. The molecule has 4 rings (SSSR count). The van der Waals surface area contributed by atoms with E-state index < -0.39 is 23.7 Å². The maximum absolute atomic E-state index is 14.0. The third-order valence-corrected chi connectivity index (χ3v) is 5.02. The Kier molecular flexibility index (Phi) is 4.42. The van der Waals surface area contributed by atoms with Gasteiger partial charge in [-0.15, -0.1) is 11.3 Å². The molecule has 3 aromatic rings. The van der Waals surface area contributed by atoms with Crippen LogP contribution in [-0.2, 0) is 22.4 Å². The number of halogens is 2. The van der Waals surface area contributed by atoms with Crippen LogP contribution in [0, 0.1) is 11.6 Å². The van der Waals surface area contributed by atoms with Crippen molar-refractivity contribution in [1.29, 1.82) is 0 Å². The summed E-state index contributed by atoms with van der Waals surface area (Å²) in [6, 6.07) is 3.87. The SMILES string of the molecule is O=C(Cc1csc(-c2ncccn2)n1)OC1CCc2c(F)ccc(F)c21. The van der Waals surface area contributed by atoms with Crippen LogP contribution in [0.4, 0.5) is 8.78 Å². The van der Waals surface area contributed by atoms with Crippen molar-refractivity contribution in [3.8, 4) is 10.8 Å². The Balaban J connectivity index is 1.45. The van der Waals surface area contributed by atoms with Crippen LogP contribution in [0.5, 0.6) is 0 Å². The summed E-state index contributed by atoms with van der Waals surface area (Å²) in [4.78, 5) is 24.8. The van der Waals surface area contributed by atoms with E-state index in [0.717, 1.165) is 12.1 Å². The Hall–Kier alpha value is -2.74. The van der Waals surface area contributed by atoms with E-state index >= 15 is 0 Å². The van der Waals surface area contributed by atoms with Gasteiger partial charge in [-0.2, -0.15) is 0 Å². The Morgan fingerprint density at radius 2 is 2.00 bits per heavy atom. The number of fused-ring (bicyclic) bond motifs is 1. The van der Waals surface area contributed by atoms with Crippen molar-refractivity contribution < 1.29 is 18.3 Å². The number of carbonyl (C=O) groups is 1. The first-order valence-corrected chi connectivity index (χ1v) is 8.88. The molecule has 2 aromatic heterocycles. The number of aromatic nitrogens is 3. The zero-order chi connectivity index (χ0) is 18.1. The van der Waals surface area contributed by atoms with E-state index in [4.69, 9.17) is 4.74 Å². The highest BCUT2D eigenvalue weighted by atomic mass is 32.1. The van der Waals surface area contributed by atoms with Crippen molar-refractivity contribution in [3.05, 3.63) is 64.4 Å². The van der Waals surface area contributed by atoms with Gasteiger partial charge in [-0.3, -0.25) is 4.79 Å². The predicted molar refractivity (Wildman–Crippen MR) is 90.4 cm³/mol. The molecule has 1 atom stereocenters. The van der Waals surface area contributed by atoms with Gasteiger partial charge in [-0.25, -0.2) is 23.7 Å². The first-order valence-electron chi connectivity index (χ1n) is 8.00. The molecule has 26 heavy (non-hydrogen) atoms. The van der Waals surface area contributed by atoms with Gasteiger partial charge >= 0.3 is 5.97 Å². The van der Waals surface area contributed by atoms with E-state index in [0.29, 0.717) is 34.9 Å². The molecule has 0 spiro atoms. The lowest BCUT2D eigenvalue weighted by Crippen LogP contribution is -2.13. The van der Waals surface area contributed by atoms with Gasteiger partial charge in [0.05, 0.1) is 12.1 Å². The largest absolute Gasteiger partial charge is 0.457 e. The summed E-state index contributed by atoms with van der Waals surface area (Å²) in [7, 11) is 0. The first-order chi connectivity index (χ1) is 12.6. The van der Waals surface area contributed by atoms with Crippen molar-refractivity contribution in [3.63, 3.8) is 0 Å². The van der Waals surface area contributed by atoms with Crippen molar-refractivity contribution in [1.82, 2.24) is 15.0 Å². The van der Waals surface area contributed by atoms with Gasteiger partial charge in [0.2, 0.25) is 0 Å². The maximum Gasteiger partial charge on any atom is 0.312 e. The summed E-state index contributed by atoms with van der Waals surface area (Å²) in [5, 5.41) is 2.34. The van der Waals surface area contributed by atoms with Gasteiger partial charge in [0.25, 0.3) is 0 Å². The van der Waals surface area contributed by atoms with Gasteiger partial charge in [0, 0.05) is 23.3 Å². The molecule has 0 amide bonds. The van der Waals surface area contributed by atoms with Crippen LogP contribution in [0.1, 0.15) is 29.3 Å². The predicted octanol–water partition coefficient (Wildman–Crippen LogP) is 3.65. The lowest BCUT2D eigenvalue weighted by Gasteiger charge is -2.13. The second-order valence-electron chi connectivity index (χ2n) is 5.83. The van der Waals surface area contributed by atoms with Gasteiger partial charge in [-0.1, -0.05) is 0 Å². The fraction of sp³-hybridized carbons (Fsp3) is 0.222.